The SMILES string of the molecule is COC(=O)c1cccc2c1OCC(CCO)N2. The molecule has 0 aromatic heterocycles. The molecule has 0 saturated heterocycles. The molecule has 1 aliphatic rings. The first-order valence-electron chi connectivity index (χ1n) is 5.47. The standard InChI is InChI=1S/C12H15NO4/c1-16-12(15)9-3-2-4-10-11(9)17-7-8(13-10)5-6-14/h2-4,8,13-14H,5-7H2,1H3. The number of ether oxygens (including phenoxy) is 2. The van der Waals surface area contributed by atoms with Gasteiger partial charge in [-0.15, -0.1) is 0 Å². The minimum atomic E-state index is -0.413. The normalized spacial score (nSPS) is 17.6. The summed E-state index contributed by atoms with van der Waals surface area (Å²) in [6, 6.07) is 5.34. The molecule has 17 heavy (non-hydrogen) atoms. The molecule has 1 atom stereocenters. The van der Waals surface area contributed by atoms with Crippen molar-refractivity contribution in [3.05, 3.63) is 23.8 Å². The van der Waals surface area contributed by atoms with Crippen molar-refractivity contribution in [3.63, 3.8) is 0 Å². The summed E-state index contributed by atoms with van der Waals surface area (Å²) < 4.78 is 10.3. The second-order valence-electron chi connectivity index (χ2n) is 3.84. The van der Waals surface area contributed by atoms with Crippen LogP contribution in [-0.2, 0) is 4.74 Å². The van der Waals surface area contributed by atoms with Crippen molar-refractivity contribution < 1.29 is 19.4 Å². The number of hydrogen-bond donors (Lipinski definition) is 2. The van der Waals surface area contributed by atoms with E-state index in [9.17, 15) is 4.79 Å². The van der Waals surface area contributed by atoms with Crippen molar-refractivity contribution >= 4 is 11.7 Å². The van der Waals surface area contributed by atoms with Gasteiger partial charge >= 0.3 is 5.97 Å². The molecule has 1 heterocycles. The van der Waals surface area contributed by atoms with E-state index in [2.05, 4.69) is 10.1 Å². The summed E-state index contributed by atoms with van der Waals surface area (Å²) in [4.78, 5) is 11.5. The van der Waals surface area contributed by atoms with E-state index in [0.717, 1.165) is 5.69 Å². The van der Waals surface area contributed by atoms with E-state index in [-0.39, 0.29) is 12.6 Å². The number of rotatable bonds is 3. The lowest BCUT2D eigenvalue weighted by Gasteiger charge is -2.28. The highest BCUT2D eigenvalue weighted by atomic mass is 16.5. The lowest BCUT2D eigenvalue weighted by molar-refractivity contribution is 0.0595. The third-order valence-corrected chi connectivity index (χ3v) is 2.69. The molecule has 1 aliphatic heterocycles. The highest BCUT2D eigenvalue weighted by molar-refractivity contribution is 5.95. The van der Waals surface area contributed by atoms with Crippen molar-refractivity contribution in [1.29, 1.82) is 0 Å². The molecule has 2 N–H and O–H groups in total. The van der Waals surface area contributed by atoms with Gasteiger partial charge in [0.05, 0.1) is 18.8 Å². The van der Waals surface area contributed by atoms with Gasteiger partial charge in [0.25, 0.3) is 0 Å². The Balaban J connectivity index is 2.26. The van der Waals surface area contributed by atoms with Gasteiger partial charge in [-0.2, -0.15) is 0 Å². The molecular formula is C12H15NO4. The minimum Gasteiger partial charge on any atom is -0.488 e. The molecule has 0 spiro atoms. The molecule has 1 aromatic rings. The summed E-state index contributed by atoms with van der Waals surface area (Å²) in [7, 11) is 1.34. The van der Waals surface area contributed by atoms with Crippen LogP contribution in [0.4, 0.5) is 5.69 Å². The lowest BCUT2D eigenvalue weighted by atomic mass is 10.1. The number of aliphatic hydroxyl groups is 1. The van der Waals surface area contributed by atoms with Gasteiger partial charge in [-0.25, -0.2) is 4.79 Å². The fraction of sp³-hybridized carbons (Fsp3) is 0.417. The summed E-state index contributed by atoms with van der Waals surface area (Å²) in [5.41, 5.74) is 1.18. The molecule has 0 bridgehead atoms. The van der Waals surface area contributed by atoms with Crippen LogP contribution in [0.25, 0.3) is 0 Å². The van der Waals surface area contributed by atoms with Gasteiger partial charge in [-0.1, -0.05) is 6.07 Å². The van der Waals surface area contributed by atoms with Crippen LogP contribution in [0.3, 0.4) is 0 Å². The van der Waals surface area contributed by atoms with Crippen molar-refractivity contribution in [2.75, 3.05) is 25.6 Å². The topological polar surface area (TPSA) is 67.8 Å². The fourth-order valence-electron chi connectivity index (χ4n) is 1.83. The molecule has 0 aliphatic carbocycles. The van der Waals surface area contributed by atoms with Gasteiger partial charge in [0.15, 0.2) is 5.75 Å². The quantitative estimate of drug-likeness (QED) is 0.768. The minimum absolute atomic E-state index is 0.0698. The zero-order valence-electron chi connectivity index (χ0n) is 9.60. The Morgan fingerprint density at radius 1 is 1.65 bits per heavy atom. The number of methoxy groups -OCH3 is 1. The van der Waals surface area contributed by atoms with Crippen LogP contribution in [0.1, 0.15) is 16.8 Å². The van der Waals surface area contributed by atoms with E-state index < -0.39 is 5.97 Å². The van der Waals surface area contributed by atoms with E-state index in [0.29, 0.717) is 24.3 Å². The summed E-state index contributed by atoms with van der Waals surface area (Å²) in [6.45, 7) is 0.536. The maximum Gasteiger partial charge on any atom is 0.341 e. The largest absolute Gasteiger partial charge is 0.488 e. The molecule has 0 radical (unpaired) electrons. The van der Waals surface area contributed by atoms with Gasteiger partial charge in [0.1, 0.15) is 12.2 Å². The number of aliphatic hydroxyl groups excluding tert-OH is 1. The van der Waals surface area contributed by atoms with Crippen molar-refractivity contribution in [1.82, 2.24) is 0 Å². The van der Waals surface area contributed by atoms with Crippen molar-refractivity contribution in [2.45, 2.75) is 12.5 Å². The average Bonchev–Trinajstić information content (AvgIpc) is 2.37. The Bertz CT molecular complexity index is 419. The predicted octanol–water partition coefficient (Wildman–Crippen LogP) is 1.03. The zero-order chi connectivity index (χ0) is 12.3. The summed E-state index contributed by atoms with van der Waals surface area (Å²) in [5, 5.41) is 12.1. The number of esters is 1. The van der Waals surface area contributed by atoms with Crippen LogP contribution >= 0.6 is 0 Å². The van der Waals surface area contributed by atoms with Crippen molar-refractivity contribution in [2.24, 2.45) is 0 Å². The number of carbonyl (C=O) groups is 1. The van der Waals surface area contributed by atoms with Crippen LogP contribution in [0, 0.1) is 0 Å². The third kappa shape index (κ3) is 2.34. The van der Waals surface area contributed by atoms with Gasteiger partial charge in [-0.05, 0) is 18.6 Å². The highest BCUT2D eigenvalue weighted by Gasteiger charge is 2.23. The van der Waals surface area contributed by atoms with Gasteiger partial charge in [-0.3, -0.25) is 0 Å². The Hall–Kier alpha value is -1.75. The predicted molar refractivity (Wildman–Crippen MR) is 62.4 cm³/mol. The van der Waals surface area contributed by atoms with Crippen molar-refractivity contribution in [3.8, 4) is 5.75 Å². The van der Waals surface area contributed by atoms with Crippen LogP contribution in [0.2, 0.25) is 0 Å². The Kier molecular flexibility index (Phi) is 3.49. The molecule has 92 valence electrons. The Labute approximate surface area is 99.3 Å². The van der Waals surface area contributed by atoms with E-state index in [1.807, 2.05) is 6.07 Å². The molecule has 2 rings (SSSR count). The smallest absolute Gasteiger partial charge is 0.341 e. The van der Waals surface area contributed by atoms with Crippen LogP contribution < -0.4 is 10.1 Å². The van der Waals surface area contributed by atoms with E-state index in [1.165, 1.54) is 7.11 Å². The highest BCUT2D eigenvalue weighted by Crippen LogP contribution is 2.33. The number of hydrogen-bond acceptors (Lipinski definition) is 5. The number of anilines is 1. The van der Waals surface area contributed by atoms with Gasteiger partial charge < -0.3 is 19.9 Å². The molecule has 1 unspecified atom stereocenters. The third-order valence-electron chi connectivity index (χ3n) is 2.69. The first-order valence-corrected chi connectivity index (χ1v) is 5.47. The Morgan fingerprint density at radius 2 is 2.47 bits per heavy atom. The maximum atomic E-state index is 11.5. The average molecular weight is 237 g/mol. The number of nitrogens with one attached hydrogen (secondary N) is 1. The molecule has 5 nitrogen and oxygen atoms in total. The lowest BCUT2D eigenvalue weighted by Crippen LogP contribution is -2.32. The molecule has 0 fully saturated rings. The molecule has 0 amide bonds. The summed E-state index contributed by atoms with van der Waals surface area (Å²) in [6.07, 6.45) is 0.613. The number of fused-ring (bicyclic) bond motifs is 1. The van der Waals surface area contributed by atoms with E-state index >= 15 is 0 Å². The van der Waals surface area contributed by atoms with Gasteiger partial charge in [0.2, 0.25) is 0 Å². The maximum absolute atomic E-state index is 11.5. The van der Waals surface area contributed by atoms with E-state index in [1.54, 1.807) is 12.1 Å². The monoisotopic (exact) mass is 237 g/mol. The second kappa shape index (κ2) is 5.05. The summed E-state index contributed by atoms with van der Waals surface area (Å²) in [5.74, 6) is 0.109. The second-order valence-corrected chi connectivity index (χ2v) is 3.84. The van der Waals surface area contributed by atoms with Crippen LogP contribution in [0.15, 0.2) is 18.2 Å². The first-order chi connectivity index (χ1) is 8.26. The van der Waals surface area contributed by atoms with Crippen LogP contribution in [-0.4, -0.2) is 37.4 Å². The molecule has 1 aromatic carbocycles. The zero-order valence-corrected chi connectivity index (χ0v) is 9.60. The van der Waals surface area contributed by atoms with E-state index in [4.69, 9.17) is 9.84 Å². The first kappa shape index (κ1) is 11.7. The molecular weight excluding hydrogens is 222 g/mol. The Morgan fingerprint density at radius 3 is 3.18 bits per heavy atom. The van der Waals surface area contributed by atoms with Crippen LogP contribution in [0.5, 0.6) is 5.75 Å². The molecule has 0 saturated carbocycles. The number of benzene rings is 1. The fourth-order valence-corrected chi connectivity index (χ4v) is 1.83. The number of carbonyl (C=O) groups excluding carboxylic acids is 1. The molecule has 5 heteroatoms. The number of para-hydroxylation sites is 1. The summed E-state index contributed by atoms with van der Waals surface area (Å²) >= 11 is 0. The van der Waals surface area contributed by atoms with Gasteiger partial charge in [0, 0.05) is 6.61 Å².